The summed E-state index contributed by atoms with van der Waals surface area (Å²) in [7, 11) is 0. The number of carbonyl (C=O) groups excluding carboxylic acids is 3. The predicted molar refractivity (Wildman–Crippen MR) is 114 cm³/mol. The van der Waals surface area contributed by atoms with Crippen LogP contribution in [0.4, 0.5) is 4.79 Å². The van der Waals surface area contributed by atoms with E-state index in [4.69, 9.17) is 4.74 Å². The van der Waals surface area contributed by atoms with E-state index in [1.54, 1.807) is 18.2 Å². The molecule has 1 fully saturated rings. The molecule has 3 rings (SSSR count). The molecule has 0 aliphatic carbocycles. The van der Waals surface area contributed by atoms with Gasteiger partial charge in [0.25, 0.3) is 17.1 Å². The van der Waals surface area contributed by atoms with Gasteiger partial charge >= 0.3 is 0 Å². The fraction of sp³-hybridized carbons (Fsp3) is 0.227. The lowest BCUT2D eigenvalue weighted by atomic mass is 10.1. The Bertz CT molecular complexity index is 936. The van der Waals surface area contributed by atoms with Crippen molar-refractivity contribution in [2.75, 3.05) is 19.7 Å². The molecule has 0 aromatic heterocycles. The minimum absolute atomic E-state index is 0.117. The zero-order valence-corrected chi connectivity index (χ0v) is 17.1. The van der Waals surface area contributed by atoms with Gasteiger partial charge in [0.1, 0.15) is 5.75 Å². The van der Waals surface area contributed by atoms with Crippen LogP contribution in [-0.2, 0) is 9.59 Å². The van der Waals surface area contributed by atoms with Crippen LogP contribution in [0.15, 0.2) is 53.4 Å². The topological polar surface area (TPSA) is 75.7 Å². The molecule has 6 nitrogen and oxygen atoms in total. The van der Waals surface area contributed by atoms with Crippen molar-refractivity contribution in [3.63, 3.8) is 0 Å². The van der Waals surface area contributed by atoms with E-state index >= 15 is 0 Å². The summed E-state index contributed by atoms with van der Waals surface area (Å²) >= 11 is 0.909. The fourth-order valence-corrected chi connectivity index (χ4v) is 3.51. The molecule has 0 radical (unpaired) electrons. The predicted octanol–water partition coefficient (Wildman–Crippen LogP) is 3.53. The molecule has 1 aliphatic heterocycles. The number of imide groups is 1. The van der Waals surface area contributed by atoms with E-state index in [9.17, 15) is 14.4 Å². The molecule has 2 aromatic rings. The Morgan fingerprint density at radius 2 is 1.66 bits per heavy atom. The van der Waals surface area contributed by atoms with E-state index in [-0.39, 0.29) is 36.7 Å². The van der Waals surface area contributed by atoms with Crippen molar-refractivity contribution in [1.29, 1.82) is 0 Å². The number of aryl methyl sites for hydroxylation is 2. The number of benzene rings is 2. The van der Waals surface area contributed by atoms with E-state index in [1.807, 2.05) is 50.2 Å². The second kappa shape index (κ2) is 9.43. The number of thioether (sulfide) groups is 1. The van der Waals surface area contributed by atoms with Gasteiger partial charge in [0.15, 0.2) is 6.61 Å². The molecular formula is C22H22N2O4S. The SMILES string of the molecule is Cc1ccc(/C=C2/SC(=O)N(CCNC(=O)COc3ccc(C)cc3)C2=O)cc1. The molecule has 29 heavy (non-hydrogen) atoms. The summed E-state index contributed by atoms with van der Waals surface area (Å²) in [6, 6.07) is 15.1. The van der Waals surface area contributed by atoms with Crippen molar-refractivity contribution in [1.82, 2.24) is 10.2 Å². The molecule has 150 valence electrons. The summed E-state index contributed by atoms with van der Waals surface area (Å²) in [4.78, 5) is 38.1. The lowest BCUT2D eigenvalue weighted by Crippen LogP contribution is -2.38. The number of rotatable bonds is 7. The second-order valence-corrected chi connectivity index (χ2v) is 7.69. The Morgan fingerprint density at radius 1 is 1.03 bits per heavy atom. The molecule has 7 heteroatoms. The molecule has 2 aromatic carbocycles. The third kappa shape index (κ3) is 5.71. The first-order chi connectivity index (χ1) is 13.9. The van der Waals surface area contributed by atoms with E-state index in [0.29, 0.717) is 10.7 Å². The molecule has 1 N–H and O–H groups in total. The quantitative estimate of drug-likeness (QED) is 0.707. The van der Waals surface area contributed by atoms with E-state index < -0.39 is 0 Å². The summed E-state index contributed by atoms with van der Waals surface area (Å²) in [5, 5.41) is 2.33. The number of nitrogens with one attached hydrogen (secondary N) is 1. The van der Waals surface area contributed by atoms with Crippen LogP contribution >= 0.6 is 11.8 Å². The molecule has 1 aliphatic rings. The normalized spacial score (nSPS) is 15.1. The van der Waals surface area contributed by atoms with Crippen LogP contribution in [0.3, 0.4) is 0 Å². The van der Waals surface area contributed by atoms with Gasteiger partial charge in [0, 0.05) is 13.1 Å². The number of amides is 3. The Kier molecular flexibility index (Phi) is 6.72. The molecule has 1 saturated heterocycles. The molecule has 0 saturated carbocycles. The molecule has 3 amide bonds. The summed E-state index contributed by atoms with van der Waals surface area (Å²) < 4.78 is 5.41. The van der Waals surface area contributed by atoms with Crippen molar-refractivity contribution in [2.45, 2.75) is 13.8 Å². The first kappa shape index (κ1) is 20.7. The maximum absolute atomic E-state index is 12.5. The number of ether oxygens (including phenoxy) is 1. The fourth-order valence-electron chi connectivity index (χ4n) is 2.65. The first-order valence-electron chi connectivity index (χ1n) is 9.20. The zero-order valence-electron chi connectivity index (χ0n) is 16.3. The smallest absolute Gasteiger partial charge is 0.293 e. The van der Waals surface area contributed by atoms with Gasteiger partial charge in [0.05, 0.1) is 4.91 Å². The van der Waals surface area contributed by atoms with Gasteiger partial charge in [-0.2, -0.15) is 0 Å². The highest BCUT2D eigenvalue weighted by Gasteiger charge is 2.34. The van der Waals surface area contributed by atoms with E-state index in [2.05, 4.69) is 5.32 Å². The van der Waals surface area contributed by atoms with E-state index in [1.165, 1.54) is 0 Å². The Labute approximate surface area is 173 Å². The maximum Gasteiger partial charge on any atom is 0.293 e. The average molecular weight is 410 g/mol. The van der Waals surface area contributed by atoms with Gasteiger partial charge in [-0.3, -0.25) is 19.3 Å². The number of carbonyl (C=O) groups is 3. The maximum atomic E-state index is 12.5. The van der Waals surface area contributed by atoms with Gasteiger partial charge in [-0.1, -0.05) is 47.5 Å². The third-order valence-electron chi connectivity index (χ3n) is 4.30. The summed E-state index contributed by atoms with van der Waals surface area (Å²) in [5.41, 5.74) is 3.09. The lowest BCUT2D eigenvalue weighted by molar-refractivity contribution is -0.125. The number of hydrogen-bond donors (Lipinski definition) is 1. The third-order valence-corrected chi connectivity index (χ3v) is 5.20. The number of nitrogens with zero attached hydrogens (tertiary/aromatic N) is 1. The molecule has 0 spiro atoms. The lowest BCUT2D eigenvalue weighted by Gasteiger charge is -2.13. The summed E-state index contributed by atoms with van der Waals surface area (Å²) in [5.74, 6) is -0.0450. The first-order valence-corrected chi connectivity index (χ1v) is 10.0. The standard InChI is InChI=1S/C22H22N2O4S/c1-15-3-7-17(8-4-15)13-19-21(26)24(22(27)29-19)12-11-23-20(25)14-28-18-9-5-16(2)6-10-18/h3-10,13H,11-12,14H2,1-2H3,(H,23,25)/b19-13+. The van der Waals surface area contributed by atoms with E-state index in [0.717, 1.165) is 33.4 Å². The van der Waals surface area contributed by atoms with Crippen molar-refractivity contribution in [3.05, 3.63) is 70.1 Å². The molecular weight excluding hydrogens is 388 g/mol. The number of hydrogen-bond acceptors (Lipinski definition) is 5. The summed E-state index contributed by atoms with van der Waals surface area (Å²) in [6.45, 7) is 4.12. The second-order valence-electron chi connectivity index (χ2n) is 6.70. The zero-order chi connectivity index (χ0) is 20.8. The van der Waals surface area contributed by atoms with Crippen LogP contribution in [-0.4, -0.2) is 41.6 Å². The highest BCUT2D eigenvalue weighted by molar-refractivity contribution is 8.18. The van der Waals surface area contributed by atoms with Gasteiger partial charge in [0.2, 0.25) is 0 Å². The summed E-state index contributed by atoms with van der Waals surface area (Å²) in [6.07, 6.45) is 1.71. The molecule has 0 unspecified atom stereocenters. The largest absolute Gasteiger partial charge is 0.484 e. The van der Waals surface area contributed by atoms with Gasteiger partial charge in [-0.15, -0.1) is 0 Å². The van der Waals surface area contributed by atoms with Crippen molar-refractivity contribution < 1.29 is 19.1 Å². The minimum Gasteiger partial charge on any atom is -0.484 e. The van der Waals surface area contributed by atoms with Crippen LogP contribution in [0.2, 0.25) is 0 Å². The van der Waals surface area contributed by atoms with Crippen molar-refractivity contribution in [2.24, 2.45) is 0 Å². The minimum atomic E-state index is -0.342. The van der Waals surface area contributed by atoms with Gasteiger partial charge < -0.3 is 10.1 Å². The Hall–Kier alpha value is -3.06. The monoisotopic (exact) mass is 410 g/mol. The highest BCUT2D eigenvalue weighted by Crippen LogP contribution is 2.31. The van der Waals surface area contributed by atoms with Crippen LogP contribution in [0.25, 0.3) is 6.08 Å². The molecule has 0 atom stereocenters. The van der Waals surface area contributed by atoms with Crippen LogP contribution in [0, 0.1) is 13.8 Å². The van der Waals surface area contributed by atoms with Gasteiger partial charge in [-0.25, -0.2) is 0 Å². The van der Waals surface area contributed by atoms with Crippen LogP contribution < -0.4 is 10.1 Å². The average Bonchev–Trinajstić information content (AvgIpc) is 2.96. The van der Waals surface area contributed by atoms with Crippen molar-refractivity contribution >= 4 is 34.9 Å². The highest BCUT2D eigenvalue weighted by atomic mass is 32.2. The van der Waals surface area contributed by atoms with Crippen LogP contribution in [0.5, 0.6) is 5.75 Å². The van der Waals surface area contributed by atoms with Crippen LogP contribution in [0.1, 0.15) is 16.7 Å². The van der Waals surface area contributed by atoms with Crippen molar-refractivity contribution in [3.8, 4) is 5.75 Å². The Morgan fingerprint density at radius 3 is 2.31 bits per heavy atom. The molecule has 1 heterocycles. The van der Waals surface area contributed by atoms with Gasteiger partial charge in [-0.05, 0) is 49.4 Å². The molecule has 0 bridgehead atoms. The Balaban J connectivity index is 1.47.